The maximum absolute atomic E-state index is 12.1. The number of carbonyl (C=O) groups excluding carboxylic acids is 2. The Labute approximate surface area is 121 Å². The maximum Gasteiger partial charge on any atom is 0.241 e. The lowest BCUT2D eigenvalue weighted by atomic mass is 9.81. The molecule has 2 aliphatic rings. The van der Waals surface area contributed by atoms with Crippen LogP contribution in [0.5, 0.6) is 0 Å². The van der Waals surface area contributed by atoms with Crippen LogP contribution in [0, 0.1) is 11.8 Å². The highest BCUT2D eigenvalue weighted by molar-refractivity contribution is 5.85. The molecule has 0 spiro atoms. The Bertz CT molecular complexity index is 332. The molecule has 5 heteroatoms. The van der Waals surface area contributed by atoms with Crippen LogP contribution in [0.4, 0.5) is 0 Å². The fourth-order valence-electron chi connectivity index (χ4n) is 3.22. The third-order valence-corrected chi connectivity index (χ3v) is 4.67. The molecule has 2 amide bonds. The molecule has 1 aliphatic heterocycles. The minimum Gasteiger partial charge on any atom is -0.347 e. The highest BCUT2D eigenvalue weighted by atomic mass is 16.2. The lowest BCUT2D eigenvalue weighted by Crippen LogP contribution is -2.44. The summed E-state index contributed by atoms with van der Waals surface area (Å²) in [5, 5.41) is 2.82. The van der Waals surface area contributed by atoms with Gasteiger partial charge in [-0.25, -0.2) is 0 Å². The molecular formula is C15H27N3O2. The fraction of sp³-hybridized carbons (Fsp3) is 0.867. The van der Waals surface area contributed by atoms with Crippen molar-refractivity contribution < 1.29 is 9.59 Å². The van der Waals surface area contributed by atoms with Crippen molar-refractivity contribution in [2.75, 3.05) is 26.2 Å². The standard InChI is InChI=1S/C15H27N3O2/c16-10-12-4-6-13(7-5-12)15(20)17-11-14(19)18-8-2-1-3-9-18/h12-13H,1-11,16H2,(H,17,20). The number of nitrogens with zero attached hydrogens (tertiary/aromatic N) is 1. The van der Waals surface area contributed by atoms with E-state index in [0.717, 1.165) is 58.2 Å². The molecular weight excluding hydrogens is 254 g/mol. The molecule has 1 saturated carbocycles. The second-order valence-corrected chi connectivity index (χ2v) is 6.11. The summed E-state index contributed by atoms with van der Waals surface area (Å²) in [5.74, 6) is 0.764. The molecule has 0 aromatic carbocycles. The lowest BCUT2D eigenvalue weighted by Gasteiger charge is -2.28. The predicted molar refractivity (Wildman–Crippen MR) is 77.9 cm³/mol. The highest BCUT2D eigenvalue weighted by Crippen LogP contribution is 2.28. The van der Waals surface area contributed by atoms with E-state index in [1.54, 1.807) is 0 Å². The Morgan fingerprint density at radius 2 is 1.70 bits per heavy atom. The summed E-state index contributed by atoms with van der Waals surface area (Å²) in [5.41, 5.74) is 5.66. The molecule has 0 radical (unpaired) electrons. The van der Waals surface area contributed by atoms with Crippen molar-refractivity contribution in [3.63, 3.8) is 0 Å². The van der Waals surface area contributed by atoms with Crippen molar-refractivity contribution in [2.45, 2.75) is 44.9 Å². The Hall–Kier alpha value is -1.10. The maximum atomic E-state index is 12.1. The molecule has 0 aromatic heterocycles. The lowest BCUT2D eigenvalue weighted by molar-refractivity contribution is -0.134. The summed E-state index contributed by atoms with van der Waals surface area (Å²) >= 11 is 0. The van der Waals surface area contributed by atoms with E-state index in [1.165, 1.54) is 6.42 Å². The number of nitrogens with one attached hydrogen (secondary N) is 1. The van der Waals surface area contributed by atoms with Gasteiger partial charge in [-0.05, 0) is 57.4 Å². The van der Waals surface area contributed by atoms with Crippen LogP contribution in [-0.2, 0) is 9.59 Å². The van der Waals surface area contributed by atoms with Gasteiger partial charge in [-0.1, -0.05) is 0 Å². The summed E-state index contributed by atoms with van der Waals surface area (Å²) in [6, 6.07) is 0. The van der Waals surface area contributed by atoms with Gasteiger partial charge in [0.05, 0.1) is 6.54 Å². The second kappa shape index (κ2) is 7.62. The van der Waals surface area contributed by atoms with Gasteiger partial charge in [0.25, 0.3) is 0 Å². The smallest absolute Gasteiger partial charge is 0.241 e. The molecule has 0 unspecified atom stereocenters. The Balaban J connectivity index is 1.68. The molecule has 0 aromatic rings. The van der Waals surface area contributed by atoms with Crippen molar-refractivity contribution in [3.05, 3.63) is 0 Å². The van der Waals surface area contributed by atoms with Crippen molar-refractivity contribution in [2.24, 2.45) is 17.6 Å². The molecule has 1 heterocycles. The van der Waals surface area contributed by atoms with Gasteiger partial charge < -0.3 is 16.0 Å². The Morgan fingerprint density at radius 1 is 1.05 bits per heavy atom. The van der Waals surface area contributed by atoms with Crippen LogP contribution in [0.2, 0.25) is 0 Å². The second-order valence-electron chi connectivity index (χ2n) is 6.11. The number of piperidine rings is 1. The first-order chi connectivity index (χ1) is 9.70. The molecule has 5 nitrogen and oxygen atoms in total. The van der Waals surface area contributed by atoms with Crippen molar-refractivity contribution in [1.82, 2.24) is 10.2 Å². The van der Waals surface area contributed by atoms with E-state index in [-0.39, 0.29) is 24.3 Å². The monoisotopic (exact) mass is 281 g/mol. The Morgan fingerprint density at radius 3 is 2.30 bits per heavy atom. The number of carbonyl (C=O) groups is 2. The van der Waals surface area contributed by atoms with Gasteiger partial charge in [0.2, 0.25) is 11.8 Å². The summed E-state index contributed by atoms with van der Waals surface area (Å²) in [7, 11) is 0. The molecule has 1 aliphatic carbocycles. The van der Waals surface area contributed by atoms with Gasteiger partial charge in [-0.15, -0.1) is 0 Å². The molecule has 114 valence electrons. The molecule has 0 bridgehead atoms. The molecule has 0 atom stereocenters. The number of hydrogen-bond donors (Lipinski definition) is 2. The van der Waals surface area contributed by atoms with Crippen molar-refractivity contribution in [1.29, 1.82) is 0 Å². The third kappa shape index (κ3) is 4.20. The number of amides is 2. The molecule has 3 N–H and O–H groups in total. The minimum atomic E-state index is 0.0471. The third-order valence-electron chi connectivity index (χ3n) is 4.67. The van der Waals surface area contributed by atoms with Crippen LogP contribution >= 0.6 is 0 Å². The number of hydrogen-bond acceptors (Lipinski definition) is 3. The fourth-order valence-corrected chi connectivity index (χ4v) is 3.22. The van der Waals surface area contributed by atoms with Gasteiger partial charge in [-0.3, -0.25) is 9.59 Å². The van der Waals surface area contributed by atoms with E-state index in [9.17, 15) is 9.59 Å². The molecule has 20 heavy (non-hydrogen) atoms. The van der Waals surface area contributed by atoms with Gasteiger partial charge in [-0.2, -0.15) is 0 Å². The SMILES string of the molecule is NCC1CCC(C(=O)NCC(=O)N2CCCCC2)CC1. The highest BCUT2D eigenvalue weighted by Gasteiger charge is 2.26. The normalized spacial score (nSPS) is 27.1. The van der Waals surface area contributed by atoms with Crippen LogP contribution in [-0.4, -0.2) is 42.9 Å². The van der Waals surface area contributed by atoms with Gasteiger partial charge in [0.15, 0.2) is 0 Å². The average Bonchev–Trinajstić information content (AvgIpc) is 2.53. The minimum absolute atomic E-state index is 0.0471. The largest absolute Gasteiger partial charge is 0.347 e. The van der Waals surface area contributed by atoms with E-state index in [4.69, 9.17) is 5.73 Å². The van der Waals surface area contributed by atoms with E-state index < -0.39 is 0 Å². The zero-order valence-corrected chi connectivity index (χ0v) is 12.3. The molecule has 2 rings (SSSR count). The summed E-state index contributed by atoms with van der Waals surface area (Å²) < 4.78 is 0. The van der Waals surface area contributed by atoms with E-state index in [2.05, 4.69) is 5.32 Å². The quantitative estimate of drug-likeness (QED) is 0.803. The number of rotatable bonds is 4. The zero-order valence-electron chi connectivity index (χ0n) is 12.3. The van der Waals surface area contributed by atoms with Crippen LogP contribution in [0.15, 0.2) is 0 Å². The first kappa shape index (κ1) is 15.3. The summed E-state index contributed by atoms with van der Waals surface area (Å²) in [4.78, 5) is 25.9. The van der Waals surface area contributed by atoms with Crippen molar-refractivity contribution in [3.8, 4) is 0 Å². The van der Waals surface area contributed by atoms with Crippen LogP contribution < -0.4 is 11.1 Å². The predicted octanol–water partition coefficient (Wildman–Crippen LogP) is 0.880. The number of nitrogens with two attached hydrogens (primary N) is 1. The average molecular weight is 281 g/mol. The van der Waals surface area contributed by atoms with Gasteiger partial charge in [0, 0.05) is 19.0 Å². The van der Waals surface area contributed by atoms with Gasteiger partial charge >= 0.3 is 0 Å². The molecule has 1 saturated heterocycles. The Kier molecular flexibility index (Phi) is 5.83. The van der Waals surface area contributed by atoms with E-state index in [0.29, 0.717) is 5.92 Å². The van der Waals surface area contributed by atoms with Gasteiger partial charge in [0.1, 0.15) is 0 Å². The van der Waals surface area contributed by atoms with Crippen molar-refractivity contribution >= 4 is 11.8 Å². The first-order valence-electron chi connectivity index (χ1n) is 7.96. The summed E-state index contributed by atoms with van der Waals surface area (Å²) in [6.07, 6.45) is 7.27. The first-order valence-corrected chi connectivity index (χ1v) is 7.96. The van der Waals surface area contributed by atoms with E-state index in [1.807, 2.05) is 4.90 Å². The topological polar surface area (TPSA) is 75.4 Å². The number of likely N-dealkylation sites (tertiary alicyclic amines) is 1. The van der Waals surface area contributed by atoms with E-state index >= 15 is 0 Å². The zero-order chi connectivity index (χ0) is 14.4. The van der Waals surface area contributed by atoms with Crippen LogP contribution in [0.25, 0.3) is 0 Å². The molecule has 2 fully saturated rings. The van der Waals surface area contributed by atoms with Crippen LogP contribution in [0.1, 0.15) is 44.9 Å². The van der Waals surface area contributed by atoms with Crippen LogP contribution in [0.3, 0.4) is 0 Å². The summed E-state index contributed by atoms with van der Waals surface area (Å²) in [6.45, 7) is 2.57.